The first kappa shape index (κ1) is 17.0. The van der Waals surface area contributed by atoms with E-state index in [4.69, 9.17) is 0 Å². The first-order valence-corrected chi connectivity index (χ1v) is 8.16. The molecule has 0 unspecified atom stereocenters. The van der Waals surface area contributed by atoms with Crippen LogP contribution in [0.25, 0.3) is 5.65 Å². The Kier molecular flexibility index (Phi) is 4.75. The molecule has 128 valence electrons. The number of thioether (sulfide) groups is 1. The number of aryl methyl sites for hydroxylation is 1. The SMILES string of the molecule is Cc1cccn2c(=O)nc(SCC(=O)Nc3ccc(F)cc3F)nc12. The van der Waals surface area contributed by atoms with Crippen LogP contribution in [0.3, 0.4) is 0 Å². The Bertz CT molecular complexity index is 1020. The maximum absolute atomic E-state index is 13.5. The van der Waals surface area contributed by atoms with Gasteiger partial charge in [-0.2, -0.15) is 4.98 Å². The van der Waals surface area contributed by atoms with Crippen molar-refractivity contribution in [1.29, 1.82) is 0 Å². The van der Waals surface area contributed by atoms with Crippen LogP contribution in [0.15, 0.2) is 46.5 Å². The van der Waals surface area contributed by atoms with E-state index in [1.54, 1.807) is 25.3 Å². The number of nitrogens with zero attached hydrogens (tertiary/aromatic N) is 3. The third-order valence-corrected chi connectivity index (χ3v) is 4.15. The summed E-state index contributed by atoms with van der Waals surface area (Å²) in [5, 5.41) is 2.48. The molecule has 0 aliphatic heterocycles. The molecule has 0 radical (unpaired) electrons. The van der Waals surface area contributed by atoms with Crippen molar-refractivity contribution in [2.45, 2.75) is 12.1 Å². The second-order valence-electron chi connectivity index (χ2n) is 5.13. The molecule has 25 heavy (non-hydrogen) atoms. The highest BCUT2D eigenvalue weighted by molar-refractivity contribution is 7.99. The van der Waals surface area contributed by atoms with Gasteiger partial charge in [0.2, 0.25) is 5.91 Å². The Balaban J connectivity index is 1.73. The number of pyridine rings is 1. The largest absolute Gasteiger partial charge is 0.355 e. The van der Waals surface area contributed by atoms with Gasteiger partial charge in [-0.05, 0) is 30.7 Å². The van der Waals surface area contributed by atoms with Crippen LogP contribution in [-0.4, -0.2) is 26.0 Å². The average molecular weight is 362 g/mol. The van der Waals surface area contributed by atoms with E-state index in [1.807, 2.05) is 0 Å². The molecule has 3 rings (SSSR count). The molecule has 0 spiro atoms. The van der Waals surface area contributed by atoms with E-state index in [0.29, 0.717) is 11.7 Å². The van der Waals surface area contributed by atoms with Crippen LogP contribution < -0.4 is 11.0 Å². The smallest absolute Gasteiger partial charge is 0.323 e. The molecule has 3 aromatic rings. The highest BCUT2D eigenvalue weighted by Crippen LogP contribution is 2.17. The van der Waals surface area contributed by atoms with Gasteiger partial charge in [0.1, 0.15) is 17.3 Å². The van der Waals surface area contributed by atoms with Crippen molar-refractivity contribution in [2.24, 2.45) is 0 Å². The van der Waals surface area contributed by atoms with Crippen LogP contribution in [0.5, 0.6) is 0 Å². The highest BCUT2D eigenvalue weighted by atomic mass is 32.2. The minimum atomic E-state index is -0.867. The molecule has 0 aliphatic carbocycles. The van der Waals surface area contributed by atoms with Crippen molar-refractivity contribution in [1.82, 2.24) is 14.4 Å². The van der Waals surface area contributed by atoms with Gasteiger partial charge in [0.25, 0.3) is 0 Å². The summed E-state index contributed by atoms with van der Waals surface area (Å²) in [5.74, 6) is -2.25. The predicted octanol–water partition coefficient (Wildman–Crippen LogP) is 2.41. The molecular weight excluding hydrogens is 350 g/mol. The number of carbonyl (C=O) groups excluding carboxylic acids is 1. The van der Waals surface area contributed by atoms with Gasteiger partial charge in [-0.15, -0.1) is 0 Å². The molecule has 1 aromatic carbocycles. The molecule has 9 heteroatoms. The fourth-order valence-corrected chi connectivity index (χ4v) is 2.75. The van der Waals surface area contributed by atoms with E-state index in [9.17, 15) is 18.4 Å². The van der Waals surface area contributed by atoms with E-state index < -0.39 is 23.2 Å². The molecule has 1 N–H and O–H groups in total. The standard InChI is InChI=1S/C16H12F2N4O2S/c1-9-3-2-6-22-14(9)20-15(21-16(22)24)25-8-13(23)19-12-5-4-10(17)7-11(12)18/h2-7H,8H2,1H3,(H,19,23). The van der Waals surface area contributed by atoms with Gasteiger partial charge in [0, 0.05) is 12.3 Å². The number of halogens is 2. The summed E-state index contributed by atoms with van der Waals surface area (Å²) in [4.78, 5) is 31.9. The number of carbonyl (C=O) groups is 1. The molecule has 1 amide bonds. The number of hydrogen-bond acceptors (Lipinski definition) is 5. The molecule has 0 aliphatic rings. The molecule has 6 nitrogen and oxygen atoms in total. The second kappa shape index (κ2) is 6.98. The van der Waals surface area contributed by atoms with Gasteiger partial charge in [-0.1, -0.05) is 17.8 Å². The number of fused-ring (bicyclic) bond motifs is 1. The molecule has 0 atom stereocenters. The van der Waals surface area contributed by atoms with Gasteiger partial charge in [-0.25, -0.2) is 18.6 Å². The first-order valence-electron chi connectivity index (χ1n) is 7.18. The zero-order chi connectivity index (χ0) is 18.0. The number of hydrogen-bond donors (Lipinski definition) is 1. The number of aromatic nitrogens is 3. The fourth-order valence-electron chi connectivity index (χ4n) is 2.13. The van der Waals surface area contributed by atoms with Crippen molar-refractivity contribution in [3.8, 4) is 0 Å². The maximum Gasteiger partial charge on any atom is 0.355 e. The highest BCUT2D eigenvalue weighted by Gasteiger charge is 2.11. The van der Waals surface area contributed by atoms with Crippen LogP contribution in [0, 0.1) is 18.6 Å². The van der Waals surface area contributed by atoms with Gasteiger partial charge < -0.3 is 5.32 Å². The van der Waals surface area contributed by atoms with Crippen LogP contribution in [0.4, 0.5) is 14.5 Å². The van der Waals surface area contributed by atoms with Crippen LogP contribution >= 0.6 is 11.8 Å². The third kappa shape index (κ3) is 3.82. The van der Waals surface area contributed by atoms with Crippen molar-refractivity contribution >= 4 is 29.0 Å². The lowest BCUT2D eigenvalue weighted by Crippen LogP contribution is -2.20. The van der Waals surface area contributed by atoms with Gasteiger partial charge in [0.15, 0.2) is 5.16 Å². The van der Waals surface area contributed by atoms with Gasteiger partial charge >= 0.3 is 5.69 Å². The molecule has 0 fully saturated rings. The zero-order valence-electron chi connectivity index (χ0n) is 13.0. The van der Waals surface area contributed by atoms with Crippen LogP contribution in [-0.2, 0) is 4.79 Å². The monoisotopic (exact) mass is 362 g/mol. The maximum atomic E-state index is 13.5. The van der Waals surface area contributed by atoms with E-state index in [1.165, 1.54) is 4.40 Å². The Morgan fingerprint density at radius 2 is 2.08 bits per heavy atom. The lowest BCUT2D eigenvalue weighted by Gasteiger charge is -2.07. The van der Waals surface area contributed by atoms with E-state index >= 15 is 0 Å². The minimum absolute atomic E-state index is 0.123. The molecular formula is C16H12F2N4O2S. The predicted molar refractivity (Wildman–Crippen MR) is 89.7 cm³/mol. The Labute approximate surface area is 144 Å². The zero-order valence-corrected chi connectivity index (χ0v) is 13.8. The molecule has 2 heterocycles. The van der Waals surface area contributed by atoms with Crippen molar-refractivity contribution in [3.63, 3.8) is 0 Å². The second-order valence-corrected chi connectivity index (χ2v) is 6.08. The number of nitrogens with one attached hydrogen (secondary N) is 1. The van der Waals surface area contributed by atoms with Gasteiger partial charge in [0.05, 0.1) is 11.4 Å². The fraction of sp³-hybridized carbons (Fsp3) is 0.125. The number of benzene rings is 1. The summed E-state index contributed by atoms with van der Waals surface area (Å²) in [6, 6.07) is 6.38. The normalized spacial score (nSPS) is 10.8. The van der Waals surface area contributed by atoms with Crippen molar-refractivity contribution in [2.75, 3.05) is 11.1 Å². The molecule has 2 aromatic heterocycles. The lowest BCUT2D eigenvalue weighted by atomic mass is 10.3. The summed E-state index contributed by atoms with van der Waals surface area (Å²) in [6.07, 6.45) is 1.56. The summed E-state index contributed by atoms with van der Waals surface area (Å²) in [6.45, 7) is 1.81. The molecule has 0 saturated carbocycles. The van der Waals surface area contributed by atoms with E-state index in [2.05, 4.69) is 15.3 Å². The Hall–Kier alpha value is -2.81. The summed E-state index contributed by atoms with van der Waals surface area (Å²) in [5.41, 5.74) is 0.625. The number of rotatable bonds is 4. The molecule has 0 bridgehead atoms. The quantitative estimate of drug-likeness (QED) is 0.722. The average Bonchev–Trinajstić information content (AvgIpc) is 2.57. The Morgan fingerprint density at radius 1 is 1.28 bits per heavy atom. The molecule has 0 saturated heterocycles. The van der Waals surface area contributed by atoms with E-state index in [0.717, 1.165) is 29.5 Å². The number of amides is 1. The summed E-state index contributed by atoms with van der Waals surface area (Å²) in [7, 11) is 0. The topological polar surface area (TPSA) is 76.4 Å². The van der Waals surface area contributed by atoms with Crippen molar-refractivity contribution < 1.29 is 13.6 Å². The van der Waals surface area contributed by atoms with E-state index in [-0.39, 0.29) is 16.6 Å². The minimum Gasteiger partial charge on any atom is -0.323 e. The first-order chi connectivity index (χ1) is 11.9. The van der Waals surface area contributed by atoms with Crippen molar-refractivity contribution in [3.05, 3.63) is 64.2 Å². The Morgan fingerprint density at radius 3 is 2.84 bits per heavy atom. The van der Waals surface area contributed by atoms with Gasteiger partial charge in [-0.3, -0.25) is 9.20 Å². The summed E-state index contributed by atoms with van der Waals surface area (Å²) < 4.78 is 27.7. The van der Waals surface area contributed by atoms with Crippen LogP contribution in [0.2, 0.25) is 0 Å². The lowest BCUT2D eigenvalue weighted by molar-refractivity contribution is -0.113. The third-order valence-electron chi connectivity index (χ3n) is 3.30. The number of anilines is 1. The summed E-state index contributed by atoms with van der Waals surface area (Å²) >= 11 is 0.950. The van der Waals surface area contributed by atoms with Crippen LogP contribution in [0.1, 0.15) is 5.56 Å².